The van der Waals surface area contributed by atoms with Crippen LogP contribution in [-0.2, 0) is 22.4 Å². The van der Waals surface area contributed by atoms with Crippen LogP contribution in [0, 0.1) is 5.92 Å². The van der Waals surface area contributed by atoms with Crippen LogP contribution < -0.4 is 16.0 Å². The molecule has 9 heteroatoms. The molecule has 2 aliphatic rings. The number of fused-ring (bicyclic) bond motifs is 1. The van der Waals surface area contributed by atoms with E-state index in [2.05, 4.69) is 34.0 Å². The van der Waals surface area contributed by atoms with Gasteiger partial charge in [0.2, 0.25) is 11.8 Å². The van der Waals surface area contributed by atoms with Crippen LogP contribution in [0.2, 0.25) is 4.34 Å². The number of halogens is 1. The van der Waals surface area contributed by atoms with E-state index in [0.717, 1.165) is 37.3 Å². The monoisotopic (exact) mass is 488 g/mol. The van der Waals surface area contributed by atoms with Crippen LogP contribution in [0.3, 0.4) is 0 Å². The lowest BCUT2D eigenvalue weighted by Gasteiger charge is -2.29. The van der Waals surface area contributed by atoms with Crippen molar-refractivity contribution in [1.82, 2.24) is 15.5 Å². The zero-order chi connectivity index (χ0) is 23.6. The third-order valence-electron chi connectivity index (χ3n) is 6.71. The predicted molar refractivity (Wildman–Crippen MR) is 131 cm³/mol. The molecule has 0 saturated heterocycles. The molecule has 2 aromatic rings. The van der Waals surface area contributed by atoms with E-state index in [0.29, 0.717) is 27.7 Å². The van der Waals surface area contributed by atoms with E-state index in [1.807, 2.05) is 12.1 Å². The number of hydrogen-bond acceptors (Lipinski definition) is 5. The zero-order valence-corrected chi connectivity index (χ0v) is 20.4. The second-order valence-corrected chi connectivity index (χ2v) is 10.6. The summed E-state index contributed by atoms with van der Waals surface area (Å²) in [4.78, 5) is 41.5. The number of likely N-dealkylation sites (N-methyl/N-ethyl adjacent to an activating group) is 1. The summed E-state index contributed by atoms with van der Waals surface area (Å²) in [5.74, 6) is -1.11. The number of anilines is 1. The van der Waals surface area contributed by atoms with Gasteiger partial charge in [0.25, 0.3) is 5.91 Å². The lowest BCUT2D eigenvalue weighted by molar-refractivity contribution is -0.125. The molecule has 33 heavy (non-hydrogen) atoms. The van der Waals surface area contributed by atoms with Gasteiger partial charge in [0, 0.05) is 31.7 Å². The maximum Gasteiger partial charge on any atom is 0.262 e. The quantitative estimate of drug-likeness (QED) is 0.603. The number of benzene rings is 1. The fourth-order valence-corrected chi connectivity index (χ4v) is 5.67. The Morgan fingerprint density at radius 1 is 1.12 bits per heavy atom. The van der Waals surface area contributed by atoms with Gasteiger partial charge in [-0.05, 0) is 74.5 Å². The third-order valence-corrected chi connectivity index (χ3v) is 7.94. The Hall–Kier alpha value is -2.42. The van der Waals surface area contributed by atoms with Crippen molar-refractivity contribution in [3.05, 3.63) is 50.7 Å². The van der Waals surface area contributed by atoms with E-state index < -0.39 is 5.54 Å². The molecule has 2 heterocycles. The summed E-state index contributed by atoms with van der Waals surface area (Å²) in [6.45, 7) is 1.99. The van der Waals surface area contributed by atoms with E-state index in [4.69, 9.17) is 11.6 Å². The van der Waals surface area contributed by atoms with Gasteiger partial charge in [-0.3, -0.25) is 14.4 Å². The largest absolute Gasteiger partial charge is 0.359 e. The number of hydrogen-bond donors (Lipinski definition) is 3. The Morgan fingerprint density at radius 3 is 2.58 bits per heavy atom. The summed E-state index contributed by atoms with van der Waals surface area (Å²) in [6, 6.07) is 9.32. The maximum absolute atomic E-state index is 13.6. The number of nitrogens with one attached hydrogen (secondary N) is 3. The van der Waals surface area contributed by atoms with Crippen molar-refractivity contribution in [2.75, 3.05) is 32.5 Å². The number of amides is 3. The lowest BCUT2D eigenvalue weighted by Crippen LogP contribution is -2.55. The van der Waals surface area contributed by atoms with Gasteiger partial charge < -0.3 is 20.9 Å². The lowest BCUT2D eigenvalue weighted by atomic mass is 9.93. The summed E-state index contributed by atoms with van der Waals surface area (Å²) in [6.07, 6.45) is 3.07. The van der Waals surface area contributed by atoms with Crippen molar-refractivity contribution >= 4 is 46.3 Å². The molecule has 0 bridgehead atoms. The molecule has 1 aliphatic heterocycles. The number of thiophene rings is 1. The molecule has 4 rings (SSSR count). The zero-order valence-electron chi connectivity index (χ0n) is 18.9. The number of rotatable bonds is 5. The highest BCUT2D eigenvalue weighted by Gasteiger charge is 2.48. The first-order chi connectivity index (χ1) is 15.8. The normalized spacial score (nSPS) is 22.8. The van der Waals surface area contributed by atoms with Crippen molar-refractivity contribution in [2.24, 2.45) is 5.92 Å². The molecular formula is C24H29ClN4O3S. The van der Waals surface area contributed by atoms with Crippen LogP contribution in [0.25, 0.3) is 0 Å². The minimum atomic E-state index is -1.17. The van der Waals surface area contributed by atoms with Gasteiger partial charge in [0.1, 0.15) is 5.54 Å². The molecule has 1 saturated carbocycles. The minimum Gasteiger partial charge on any atom is -0.359 e. The number of nitrogens with zero attached hydrogens (tertiary/aromatic N) is 1. The highest BCUT2D eigenvalue weighted by molar-refractivity contribution is 7.18. The minimum absolute atomic E-state index is 0.118. The smallest absolute Gasteiger partial charge is 0.262 e. The van der Waals surface area contributed by atoms with Crippen molar-refractivity contribution in [2.45, 2.75) is 37.6 Å². The van der Waals surface area contributed by atoms with Gasteiger partial charge in [0.05, 0.1) is 9.21 Å². The number of carbonyl (C=O) groups is 3. The van der Waals surface area contributed by atoms with Crippen LogP contribution in [0.4, 0.5) is 5.69 Å². The molecule has 1 aromatic heterocycles. The standard InChI is InChI=1S/C24H29ClN4O3S/c1-26-21(30)17-7-10-24(14-17,28-22(31)19-5-6-20(25)33-19)23(32)27-18-4-3-15-8-11-29(2)12-9-16(15)13-18/h3-6,13,17H,7-12,14H2,1-2H3,(H,26,30)(H,27,32)(H,28,31). The molecule has 1 aliphatic carbocycles. The highest BCUT2D eigenvalue weighted by Crippen LogP contribution is 2.37. The summed E-state index contributed by atoms with van der Waals surface area (Å²) < 4.78 is 0.504. The van der Waals surface area contributed by atoms with Gasteiger partial charge >= 0.3 is 0 Å². The van der Waals surface area contributed by atoms with E-state index in [1.54, 1.807) is 19.2 Å². The highest BCUT2D eigenvalue weighted by atomic mass is 35.5. The van der Waals surface area contributed by atoms with Crippen molar-refractivity contribution in [3.8, 4) is 0 Å². The predicted octanol–water partition coefficient (Wildman–Crippen LogP) is 3.09. The Labute approximate surface area is 202 Å². The molecule has 2 unspecified atom stereocenters. The molecule has 176 valence electrons. The van der Waals surface area contributed by atoms with Crippen molar-refractivity contribution in [3.63, 3.8) is 0 Å². The summed E-state index contributed by atoms with van der Waals surface area (Å²) >= 11 is 7.15. The number of carbonyl (C=O) groups excluding carboxylic acids is 3. The van der Waals surface area contributed by atoms with E-state index in [1.165, 1.54) is 11.1 Å². The van der Waals surface area contributed by atoms with Crippen LogP contribution in [0.5, 0.6) is 0 Å². The van der Waals surface area contributed by atoms with Crippen LogP contribution in [0.1, 0.15) is 40.1 Å². The van der Waals surface area contributed by atoms with Crippen molar-refractivity contribution in [1.29, 1.82) is 0 Å². The molecular weight excluding hydrogens is 460 g/mol. The Bertz CT molecular complexity index is 1070. The third kappa shape index (κ3) is 5.23. The first-order valence-electron chi connectivity index (χ1n) is 11.2. The van der Waals surface area contributed by atoms with Gasteiger partial charge in [0.15, 0.2) is 0 Å². The fraction of sp³-hybridized carbons (Fsp3) is 0.458. The fourth-order valence-electron chi connectivity index (χ4n) is 4.73. The van der Waals surface area contributed by atoms with Crippen LogP contribution >= 0.6 is 22.9 Å². The van der Waals surface area contributed by atoms with Gasteiger partial charge in [-0.15, -0.1) is 11.3 Å². The summed E-state index contributed by atoms with van der Waals surface area (Å²) in [5.41, 5.74) is 2.07. The molecule has 7 nitrogen and oxygen atoms in total. The molecule has 1 fully saturated rings. The maximum atomic E-state index is 13.6. The Kier molecular flexibility index (Phi) is 7.07. The molecule has 0 radical (unpaired) electrons. The second kappa shape index (κ2) is 9.83. The average Bonchev–Trinajstić information content (AvgIpc) is 3.39. The average molecular weight is 489 g/mol. The van der Waals surface area contributed by atoms with Crippen molar-refractivity contribution < 1.29 is 14.4 Å². The second-order valence-electron chi connectivity index (χ2n) is 8.93. The first-order valence-corrected chi connectivity index (χ1v) is 12.4. The molecule has 3 N–H and O–H groups in total. The molecule has 2 atom stereocenters. The van der Waals surface area contributed by atoms with E-state index >= 15 is 0 Å². The van der Waals surface area contributed by atoms with Crippen LogP contribution in [-0.4, -0.2) is 55.3 Å². The summed E-state index contributed by atoms with van der Waals surface area (Å²) in [5, 5.41) is 8.63. The Morgan fingerprint density at radius 2 is 1.88 bits per heavy atom. The SMILES string of the molecule is CNC(=O)C1CCC(NC(=O)c2ccc(Cl)s2)(C(=O)Nc2ccc3c(c2)CCN(C)CC3)C1. The summed E-state index contributed by atoms with van der Waals surface area (Å²) in [7, 11) is 3.70. The Balaban J connectivity index is 1.56. The van der Waals surface area contributed by atoms with Gasteiger partial charge in [-0.1, -0.05) is 17.7 Å². The molecule has 3 amide bonds. The van der Waals surface area contributed by atoms with E-state index in [-0.39, 0.29) is 30.1 Å². The first kappa shape index (κ1) is 23.7. The van der Waals surface area contributed by atoms with Gasteiger partial charge in [-0.25, -0.2) is 0 Å². The van der Waals surface area contributed by atoms with Gasteiger partial charge in [-0.2, -0.15) is 0 Å². The molecule has 0 spiro atoms. The topological polar surface area (TPSA) is 90.5 Å². The van der Waals surface area contributed by atoms with E-state index in [9.17, 15) is 14.4 Å². The van der Waals surface area contributed by atoms with Crippen LogP contribution in [0.15, 0.2) is 30.3 Å². The molecule has 1 aromatic carbocycles.